The number of H-pyrrole nitrogens is 1. The molecular weight excluding hydrogens is 304 g/mol. The third-order valence-corrected chi connectivity index (χ3v) is 4.41. The van der Waals surface area contributed by atoms with Crippen LogP contribution in [0.1, 0.15) is 47.8 Å². The monoisotopic (exact) mass is 324 g/mol. The van der Waals surface area contributed by atoms with E-state index in [0.717, 1.165) is 16.9 Å². The Kier molecular flexibility index (Phi) is 3.16. The van der Waals surface area contributed by atoms with Crippen LogP contribution in [0.4, 0.5) is 0 Å². The van der Waals surface area contributed by atoms with Crippen LogP contribution in [0.5, 0.6) is 5.75 Å². The smallest absolute Gasteiger partial charge is 0.257 e. The van der Waals surface area contributed by atoms with Gasteiger partial charge in [-0.1, -0.05) is 12.1 Å². The van der Waals surface area contributed by atoms with Gasteiger partial charge in [-0.25, -0.2) is 9.50 Å². The molecule has 6 nitrogen and oxygen atoms in total. The number of fused-ring (bicyclic) bond motifs is 2. The average Bonchev–Trinajstić information content (AvgIpc) is 3.07. The largest absolute Gasteiger partial charge is 0.487 e. The van der Waals surface area contributed by atoms with E-state index >= 15 is 0 Å². The van der Waals surface area contributed by atoms with Crippen molar-refractivity contribution in [3.8, 4) is 5.75 Å². The zero-order valence-electron chi connectivity index (χ0n) is 14.0. The fourth-order valence-corrected chi connectivity index (χ4v) is 3.30. The van der Waals surface area contributed by atoms with E-state index in [9.17, 15) is 4.79 Å². The van der Waals surface area contributed by atoms with Crippen LogP contribution in [0.15, 0.2) is 36.8 Å². The third-order valence-electron chi connectivity index (χ3n) is 4.41. The maximum Gasteiger partial charge on any atom is 0.257 e. The standard InChI is InChI=1S/C18H20N4O2/c1-11-4-5-12-14(9-18(2,3)24-15(12)8-11)21-17(23)13-10-20-22-7-6-19-16(13)22/h4-8,10,14,20H,9H2,1-3H3,(H,21,23)/t14-/m1/s1. The molecule has 4 rings (SSSR count). The van der Waals surface area contributed by atoms with Crippen LogP contribution in [-0.2, 0) is 0 Å². The zero-order chi connectivity index (χ0) is 16.9. The number of imidazole rings is 1. The number of rotatable bonds is 2. The van der Waals surface area contributed by atoms with Crippen molar-refractivity contribution in [2.75, 3.05) is 0 Å². The molecule has 1 amide bonds. The van der Waals surface area contributed by atoms with Gasteiger partial charge < -0.3 is 10.1 Å². The zero-order valence-corrected chi connectivity index (χ0v) is 14.0. The van der Waals surface area contributed by atoms with E-state index in [-0.39, 0.29) is 17.6 Å². The van der Waals surface area contributed by atoms with Crippen LogP contribution in [-0.4, -0.2) is 26.1 Å². The lowest BCUT2D eigenvalue weighted by Crippen LogP contribution is -2.41. The highest BCUT2D eigenvalue weighted by Gasteiger charge is 2.35. The second-order valence-electron chi connectivity index (χ2n) is 6.94. The van der Waals surface area contributed by atoms with Gasteiger partial charge in [-0.05, 0) is 32.4 Å². The first-order chi connectivity index (χ1) is 11.4. The summed E-state index contributed by atoms with van der Waals surface area (Å²) >= 11 is 0. The van der Waals surface area contributed by atoms with Crippen molar-refractivity contribution in [2.24, 2.45) is 0 Å². The van der Waals surface area contributed by atoms with Gasteiger partial charge in [0.15, 0.2) is 5.65 Å². The topological polar surface area (TPSA) is 71.4 Å². The first kappa shape index (κ1) is 14.8. The van der Waals surface area contributed by atoms with Crippen LogP contribution < -0.4 is 10.1 Å². The first-order valence-corrected chi connectivity index (χ1v) is 8.04. The van der Waals surface area contributed by atoms with Crippen LogP contribution >= 0.6 is 0 Å². The van der Waals surface area contributed by atoms with Crippen molar-refractivity contribution >= 4 is 11.6 Å². The average molecular weight is 324 g/mol. The molecule has 6 heteroatoms. The minimum atomic E-state index is -0.334. The van der Waals surface area contributed by atoms with Crippen molar-refractivity contribution in [2.45, 2.75) is 38.8 Å². The lowest BCUT2D eigenvalue weighted by atomic mass is 9.89. The fraction of sp³-hybridized carbons (Fsp3) is 0.333. The van der Waals surface area contributed by atoms with Gasteiger partial charge in [0.2, 0.25) is 0 Å². The number of aromatic nitrogens is 3. The molecule has 0 saturated heterocycles. The molecular formula is C18H20N4O2. The van der Waals surface area contributed by atoms with E-state index in [1.165, 1.54) is 0 Å². The Labute approximate surface area is 139 Å². The summed E-state index contributed by atoms with van der Waals surface area (Å²) in [6.07, 6.45) is 5.84. The number of hydrogen-bond donors (Lipinski definition) is 2. The molecule has 3 heterocycles. The maximum atomic E-state index is 12.7. The van der Waals surface area contributed by atoms with Crippen LogP contribution in [0.2, 0.25) is 0 Å². The van der Waals surface area contributed by atoms with Gasteiger partial charge in [0.1, 0.15) is 16.9 Å². The summed E-state index contributed by atoms with van der Waals surface area (Å²) in [5, 5.41) is 6.14. The van der Waals surface area contributed by atoms with Crippen molar-refractivity contribution in [1.29, 1.82) is 0 Å². The molecule has 0 fully saturated rings. The molecule has 1 aliphatic heterocycles. The van der Waals surface area contributed by atoms with Crippen LogP contribution in [0, 0.1) is 6.92 Å². The number of carbonyl (C=O) groups is 1. The second-order valence-corrected chi connectivity index (χ2v) is 6.94. The van der Waals surface area contributed by atoms with E-state index in [1.807, 2.05) is 39.0 Å². The van der Waals surface area contributed by atoms with Gasteiger partial charge in [0, 0.05) is 30.6 Å². The predicted octanol–water partition coefficient (Wildman–Crippen LogP) is 3.00. The Morgan fingerprint density at radius 2 is 2.29 bits per heavy atom. The van der Waals surface area contributed by atoms with Crippen molar-refractivity contribution < 1.29 is 9.53 Å². The molecule has 3 aromatic rings. The van der Waals surface area contributed by atoms with E-state index in [2.05, 4.69) is 15.4 Å². The molecule has 0 spiro atoms. The minimum absolute atomic E-state index is 0.0956. The normalized spacial score (nSPS) is 18.9. The van der Waals surface area contributed by atoms with Crippen molar-refractivity contribution in [3.63, 3.8) is 0 Å². The number of amides is 1. The van der Waals surface area contributed by atoms with Gasteiger partial charge in [-0.2, -0.15) is 0 Å². The second kappa shape index (κ2) is 5.12. The molecule has 24 heavy (non-hydrogen) atoms. The van der Waals surface area contributed by atoms with Crippen molar-refractivity contribution in [3.05, 3.63) is 53.5 Å². The molecule has 124 valence electrons. The molecule has 2 N–H and O–H groups in total. The molecule has 0 bridgehead atoms. The molecule has 1 aromatic carbocycles. The third kappa shape index (κ3) is 2.44. The Balaban J connectivity index is 1.67. The number of carbonyl (C=O) groups excluding carboxylic acids is 1. The maximum absolute atomic E-state index is 12.7. The van der Waals surface area contributed by atoms with Crippen molar-refractivity contribution in [1.82, 2.24) is 19.9 Å². The first-order valence-electron chi connectivity index (χ1n) is 8.04. The minimum Gasteiger partial charge on any atom is -0.487 e. The number of aryl methyl sites for hydroxylation is 1. The number of ether oxygens (including phenoxy) is 1. The Bertz CT molecular complexity index is 922. The molecule has 0 saturated carbocycles. The number of nitrogens with zero attached hydrogens (tertiary/aromatic N) is 2. The van der Waals surface area contributed by atoms with E-state index in [4.69, 9.17) is 4.74 Å². The number of nitrogens with one attached hydrogen (secondary N) is 2. The van der Waals surface area contributed by atoms with Gasteiger partial charge >= 0.3 is 0 Å². The van der Waals surface area contributed by atoms with Gasteiger partial charge in [0.25, 0.3) is 5.91 Å². The summed E-state index contributed by atoms with van der Waals surface area (Å²) in [6, 6.07) is 6.01. The van der Waals surface area contributed by atoms with Crippen LogP contribution in [0.3, 0.4) is 0 Å². The predicted molar refractivity (Wildman–Crippen MR) is 90.3 cm³/mol. The van der Waals surface area contributed by atoms with E-state index in [1.54, 1.807) is 23.1 Å². The SMILES string of the molecule is Cc1ccc2c(c1)OC(C)(C)C[C@H]2NC(=O)c1c[nH]n2ccnc12. The van der Waals surface area contributed by atoms with Gasteiger partial charge in [-0.15, -0.1) is 0 Å². The molecule has 0 unspecified atom stereocenters. The number of aromatic amines is 1. The Morgan fingerprint density at radius 1 is 1.46 bits per heavy atom. The highest BCUT2D eigenvalue weighted by atomic mass is 16.5. The summed E-state index contributed by atoms with van der Waals surface area (Å²) < 4.78 is 7.81. The van der Waals surface area contributed by atoms with E-state index in [0.29, 0.717) is 17.6 Å². The molecule has 2 aromatic heterocycles. The molecule has 0 aliphatic carbocycles. The quantitative estimate of drug-likeness (QED) is 0.761. The van der Waals surface area contributed by atoms with E-state index < -0.39 is 0 Å². The van der Waals surface area contributed by atoms with Crippen LogP contribution in [0.25, 0.3) is 5.65 Å². The lowest BCUT2D eigenvalue weighted by molar-refractivity contribution is 0.0619. The summed E-state index contributed by atoms with van der Waals surface area (Å²) in [5.74, 6) is 0.707. The summed E-state index contributed by atoms with van der Waals surface area (Å²) in [6.45, 7) is 6.12. The fourth-order valence-electron chi connectivity index (χ4n) is 3.30. The summed E-state index contributed by atoms with van der Waals surface area (Å²) in [4.78, 5) is 17.0. The Morgan fingerprint density at radius 3 is 3.12 bits per heavy atom. The van der Waals surface area contributed by atoms with Gasteiger partial charge in [-0.3, -0.25) is 9.89 Å². The summed E-state index contributed by atoms with van der Waals surface area (Å²) in [7, 11) is 0. The Hall–Kier alpha value is -2.76. The van der Waals surface area contributed by atoms with Gasteiger partial charge in [0.05, 0.1) is 6.04 Å². The number of hydrogen-bond acceptors (Lipinski definition) is 3. The lowest BCUT2D eigenvalue weighted by Gasteiger charge is -2.38. The highest BCUT2D eigenvalue weighted by Crippen LogP contribution is 2.40. The molecule has 1 atom stereocenters. The summed E-state index contributed by atoms with van der Waals surface area (Å²) in [5.41, 5.74) is 2.99. The number of benzene rings is 1. The molecule has 1 aliphatic rings. The molecule has 0 radical (unpaired) electrons. The highest BCUT2D eigenvalue weighted by molar-refractivity contribution is 5.99.